The van der Waals surface area contributed by atoms with E-state index in [9.17, 15) is 4.79 Å². The van der Waals surface area contributed by atoms with E-state index in [0.717, 1.165) is 35.2 Å². The number of nitrogens with zero attached hydrogens (tertiary/aromatic N) is 3. The summed E-state index contributed by atoms with van der Waals surface area (Å²) >= 11 is 0. The van der Waals surface area contributed by atoms with Gasteiger partial charge in [0.1, 0.15) is 11.6 Å². The second kappa shape index (κ2) is 8.31. The number of rotatable bonds is 4. The number of Topliss-reactive ketones (excluding diaryl/α,β-unsaturated/α-hetero) is 1. The topological polar surface area (TPSA) is 112 Å². The van der Waals surface area contributed by atoms with E-state index in [1.54, 1.807) is 14.2 Å². The van der Waals surface area contributed by atoms with Gasteiger partial charge in [-0.2, -0.15) is 9.97 Å². The largest absolute Gasteiger partial charge is 0.493 e. The number of hydrogen-bond acceptors (Lipinski definition) is 9. The summed E-state index contributed by atoms with van der Waals surface area (Å²) in [5.74, 6) is 2.59. The molecule has 3 N–H and O–H groups in total. The van der Waals surface area contributed by atoms with Crippen molar-refractivity contribution in [2.24, 2.45) is 0 Å². The van der Waals surface area contributed by atoms with Crippen LogP contribution in [0.4, 0.5) is 17.6 Å². The van der Waals surface area contributed by atoms with Crippen LogP contribution < -0.4 is 25.4 Å². The monoisotopic (exact) mass is 437 g/mol. The van der Waals surface area contributed by atoms with Gasteiger partial charge in [0, 0.05) is 42.3 Å². The predicted octanol–water partition coefficient (Wildman–Crippen LogP) is 2.48. The molecule has 1 saturated heterocycles. The Morgan fingerprint density at radius 3 is 2.66 bits per heavy atom. The lowest BCUT2D eigenvalue weighted by Gasteiger charge is -2.35. The fourth-order valence-electron chi connectivity index (χ4n) is 4.74. The highest BCUT2D eigenvalue weighted by atomic mass is 16.5. The number of allylic oxidation sites excluding steroid dienone is 2. The molecule has 1 atom stereocenters. The Labute approximate surface area is 186 Å². The molecular formula is C23H27N5O4. The number of nitrogen functional groups attached to an aromatic ring is 1. The smallest absolute Gasteiger partial charge is 0.229 e. The minimum atomic E-state index is -0.368. The summed E-state index contributed by atoms with van der Waals surface area (Å²) in [7, 11) is 3.20. The van der Waals surface area contributed by atoms with Gasteiger partial charge in [-0.25, -0.2) is 0 Å². The highest BCUT2D eigenvalue weighted by molar-refractivity contribution is 6.01. The SMILES string of the molecule is COc1ccc([C@H]2C3=C(CCCC3=O)Nc3nc(N4CCOCC4)nc(N)c32)cc1OC. The Kier molecular flexibility index (Phi) is 5.34. The van der Waals surface area contributed by atoms with E-state index in [2.05, 4.69) is 15.2 Å². The van der Waals surface area contributed by atoms with E-state index in [1.165, 1.54) is 0 Å². The number of ketones is 1. The van der Waals surface area contributed by atoms with Crippen LogP contribution in [0.25, 0.3) is 0 Å². The lowest BCUT2D eigenvalue weighted by Crippen LogP contribution is -2.38. The summed E-state index contributed by atoms with van der Waals surface area (Å²) in [4.78, 5) is 24.6. The predicted molar refractivity (Wildman–Crippen MR) is 120 cm³/mol. The number of carbonyl (C=O) groups excluding carboxylic acids is 1. The van der Waals surface area contributed by atoms with Crippen molar-refractivity contribution >= 4 is 23.4 Å². The van der Waals surface area contributed by atoms with Crippen molar-refractivity contribution < 1.29 is 19.0 Å². The number of benzene rings is 1. The molecule has 0 unspecified atom stereocenters. The number of nitrogens with one attached hydrogen (secondary N) is 1. The van der Waals surface area contributed by atoms with Gasteiger partial charge in [0.2, 0.25) is 5.95 Å². The van der Waals surface area contributed by atoms with E-state index in [0.29, 0.717) is 61.8 Å². The first-order valence-corrected chi connectivity index (χ1v) is 10.9. The minimum absolute atomic E-state index is 0.126. The molecular weight excluding hydrogens is 410 g/mol. The molecule has 9 nitrogen and oxygen atoms in total. The Balaban J connectivity index is 1.66. The zero-order valence-electron chi connectivity index (χ0n) is 18.3. The molecule has 3 heterocycles. The fraction of sp³-hybridized carbons (Fsp3) is 0.435. The number of anilines is 3. The number of nitrogens with two attached hydrogens (primary N) is 1. The van der Waals surface area contributed by atoms with Gasteiger partial charge < -0.3 is 30.2 Å². The molecule has 1 fully saturated rings. The molecule has 0 bridgehead atoms. The third-order valence-corrected chi connectivity index (χ3v) is 6.30. The van der Waals surface area contributed by atoms with Gasteiger partial charge in [-0.15, -0.1) is 0 Å². The molecule has 0 spiro atoms. The van der Waals surface area contributed by atoms with Gasteiger partial charge in [0.25, 0.3) is 0 Å². The van der Waals surface area contributed by atoms with Crippen molar-refractivity contribution in [3.8, 4) is 11.5 Å². The molecule has 5 rings (SSSR count). The number of morpholine rings is 1. The number of fused-ring (bicyclic) bond motifs is 1. The highest BCUT2D eigenvalue weighted by Gasteiger charge is 2.38. The molecule has 3 aliphatic rings. The van der Waals surface area contributed by atoms with E-state index in [-0.39, 0.29) is 11.7 Å². The summed E-state index contributed by atoms with van der Waals surface area (Å²) in [6.45, 7) is 2.69. The van der Waals surface area contributed by atoms with E-state index in [4.69, 9.17) is 24.9 Å². The molecule has 1 aromatic heterocycles. The lowest BCUT2D eigenvalue weighted by atomic mass is 9.76. The lowest BCUT2D eigenvalue weighted by molar-refractivity contribution is -0.116. The number of hydrogen-bond donors (Lipinski definition) is 2. The van der Waals surface area contributed by atoms with Gasteiger partial charge in [0.05, 0.1) is 27.4 Å². The fourth-order valence-corrected chi connectivity index (χ4v) is 4.74. The third kappa shape index (κ3) is 3.42. The van der Waals surface area contributed by atoms with Crippen molar-refractivity contribution in [2.45, 2.75) is 25.2 Å². The standard InChI is InChI=1S/C23H27N5O4/c1-30-16-7-6-13(12-17(16)31-2)18-19-14(4-3-5-15(19)29)25-22-20(18)21(24)26-23(27-22)28-8-10-32-11-9-28/h6-7,12,18H,3-5,8-11H2,1-2H3,(H3,24,25,26,27)/t18-/m0/s1. The zero-order valence-corrected chi connectivity index (χ0v) is 18.3. The maximum absolute atomic E-state index is 13.1. The zero-order chi connectivity index (χ0) is 22.2. The maximum Gasteiger partial charge on any atom is 0.229 e. The molecule has 1 aliphatic carbocycles. The van der Waals surface area contributed by atoms with Crippen LogP contribution in [0.1, 0.15) is 36.3 Å². The van der Waals surface area contributed by atoms with Crippen LogP contribution in [0.15, 0.2) is 29.5 Å². The van der Waals surface area contributed by atoms with Crippen LogP contribution in [0.3, 0.4) is 0 Å². The Morgan fingerprint density at radius 2 is 1.91 bits per heavy atom. The minimum Gasteiger partial charge on any atom is -0.493 e. The molecule has 2 aromatic rings. The average molecular weight is 438 g/mol. The summed E-state index contributed by atoms with van der Waals surface area (Å²) in [6, 6.07) is 5.70. The number of ether oxygens (including phenoxy) is 3. The first-order chi connectivity index (χ1) is 15.6. The summed E-state index contributed by atoms with van der Waals surface area (Å²) in [5, 5.41) is 3.41. The molecule has 0 saturated carbocycles. The van der Waals surface area contributed by atoms with Crippen molar-refractivity contribution in [3.63, 3.8) is 0 Å². The third-order valence-electron chi connectivity index (χ3n) is 6.30. The Bertz CT molecular complexity index is 1090. The summed E-state index contributed by atoms with van der Waals surface area (Å²) in [6.07, 6.45) is 2.13. The second-order valence-corrected chi connectivity index (χ2v) is 8.11. The normalized spacial score (nSPS) is 20.4. The molecule has 32 heavy (non-hydrogen) atoms. The number of aromatic nitrogens is 2. The van der Waals surface area contributed by atoms with Gasteiger partial charge in [0.15, 0.2) is 17.3 Å². The van der Waals surface area contributed by atoms with Gasteiger partial charge >= 0.3 is 0 Å². The molecule has 9 heteroatoms. The van der Waals surface area contributed by atoms with Crippen molar-refractivity contribution in [1.29, 1.82) is 0 Å². The van der Waals surface area contributed by atoms with Crippen LogP contribution in [0.2, 0.25) is 0 Å². The Hall–Kier alpha value is -3.33. The van der Waals surface area contributed by atoms with Crippen LogP contribution >= 0.6 is 0 Å². The van der Waals surface area contributed by atoms with Crippen LogP contribution in [0.5, 0.6) is 11.5 Å². The Morgan fingerprint density at radius 1 is 1.12 bits per heavy atom. The molecule has 0 radical (unpaired) electrons. The average Bonchev–Trinajstić information content (AvgIpc) is 2.83. The first-order valence-electron chi connectivity index (χ1n) is 10.9. The summed E-state index contributed by atoms with van der Waals surface area (Å²) < 4.78 is 16.4. The van der Waals surface area contributed by atoms with Crippen molar-refractivity contribution in [2.75, 3.05) is 56.5 Å². The quantitative estimate of drug-likeness (QED) is 0.745. The van der Waals surface area contributed by atoms with Gasteiger partial charge in [-0.3, -0.25) is 4.79 Å². The van der Waals surface area contributed by atoms with Crippen molar-refractivity contribution in [1.82, 2.24) is 9.97 Å². The second-order valence-electron chi connectivity index (χ2n) is 8.11. The molecule has 168 valence electrons. The van der Waals surface area contributed by atoms with E-state index >= 15 is 0 Å². The highest BCUT2D eigenvalue weighted by Crippen LogP contribution is 2.48. The van der Waals surface area contributed by atoms with E-state index in [1.807, 2.05) is 18.2 Å². The van der Waals surface area contributed by atoms with Crippen LogP contribution in [-0.4, -0.2) is 56.3 Å². The molecule has 0 amide bonds. The number of carbonyl (C=O) groups is 1. The van der Waals surface area contributed by atoms with E-state index < -0.39 is 0 Å². The van der Waals surface area contributed by atoms with Crippen molar-refractivity contribution in [3.05, 3.63) is 40.6 Å². The number of methoxy groups -OCH3 is 2. The van der Waals surface area contributed by atoms with Crippen LogP contribution in [0, 0.1) is 0 Å². The first kappa shape index (κ1) is 20.6. The summed E-state index contributed by atoms with van der Waals surface area (Å²) in [5.41, 5.74) is 9.81. The van der Waals surface area contributed by atoms with Crippen LogP contribution in [-0.2, 0) is 9.53 Å². The molecule has 1 aromatic carbocycles. The van der Waals surface area contributed by atoms with Gasteiger partial charge in [-0.05, 0) is 30.5 Å². The van der Waals surface area contributed by atoms with Gasteiger partial charge in [-0.1, -0.05) is 6.07 Å². The molecule has 2 aliphatic heterocycles. The maximum atomic E-state index is 13.1.